The Bertz CT molecular complexity index is 1180. The number of hydrogen-bond acceptors (Lipinski definition) is 5. The minimum absolute atomic E-state index is 0.0592. The maximum absolute atomic E-state index is 13.3. The van der Waals surface area contributed by atoms with E-state index in [9.17, 15) is 4.79 Å². The molecule has 0 aliphatic carbocycles. The van der Waals surface area contributed by atoms with E-state index in [0.29, 0.717) is 17.9 Å². The van der Waals surface area contributed by atoms with Crippen LogP contribution in [0.15, 0.2) is 48.9 Å². The number of para-hydroxylation sites is 1. The van der Waals surface area contributed by atoms with Gasteiger partial charge in [-0.3, -0.25) is 9.78 Å². The average molecular weight is 372 g/mol. The number of pyridine rings is 1. The summed E-state index contributed by atoms with van der Waals surface area (Å²) in [5.41, 5.74) is 3.54. The number of likely N-dealkylation sites (tertiary alicyclic amines) is 1. The molecular formula is C21H20N6O. The van der Waals surface area contributed by atoms with Crippen molar-refractivity contribution in [1.82, 2.24) is 29.5 Å². The van der Waals surface area contributed by atoms with E-state index >= 15 is 0 Å². The van der Waals surface area contributed by atoms with Gasteiger partial charge >= 0.3 is 0 Å². The predicted octanol–water partition coefficient (Wildman–Crippen LogP) is 3.00. The molecule has 5 rings (SSSR count). The van der Waals surface area contributed by atoms with E-state index in [2.05, 4.69) is 26.1 Å². The second kappa shape index (κ2) is 6.67. The summed E-state index contributed by atoms with van der Waals surface area (Å²) in [6.45, 7) is 3.39. The predicted molar refractivity (Wildman–Crippen MR) is 105 cm³/mol. The minimum atomic E-state index is 0.0592. The zero-order valence-corrected chi connectivity index (χ0v) is 15.6. The first-order valence-electron chi connectivity index (χ1n) is 9.51. The molecule has 140 valence electrons. The van der Waals surface area contributed by atoms with Gasteiger partial charge in [-0.15, -0.1) is 0 Å². The highest BCUT2D eigenvalue weighted by molar-refractivity contribution is 6.06. The third-order valence-electron chi connectivity index (χ3n) is 5.41. The van der Waals surface area contributed by atoms with E-state index in [4.69, 9.17) is 0 Å². The molecule has 0 saturated carbocycles. The van der Waals surface area contributed by atoms with Gasteiger partial charge in [0, 0.05) is 36.3 Å². The molecule has 1 aliphatic rings. The Labute approximate surface area is 162 Å². The summed E-state index contributed by atoms with van der Waals surface area (Å²) in [6.07, 6.45) is 5.21. The number of aryl methyl sites for hydroxylation is 1. The molecule has 4 aromatic rings. The van der Waals surface area contributed by atoms with E-state index in [0.717, 1.165) is 41.7 Å². The largest absolute Gasteiger partial charge is 0.338 e. The van der Waals surface area contributed by atoms with Crippen LogP contribution in [0.5, 0.6) is 0 Å². The molecule has 1 fully saturated rings. The monoisotopic (exact) mass is 372 g/mol. The maximum atomic E-state index is 13.3. The second-order valence-corrected chi connectivity index (χ2v) is 7.26. The first-order valence-corrected chi connectivity index (χ1v) is 9.51. The molecule has 7 nitrogen and oxygen atoms in total. The lowest BCUT2D eigenvalue weighted by Crippen LogP contribution is -2.39. The van der Waals surface area contributed by atoms with Crippen LogP contribution in [0.3, 0.4) is 0 Å². The van der Waals surface area contributed by atoms with Crippen molar-refractivity contribution in [3.8, 4) is 0 Å². The lowest BCUT2D eigenvalue weighted by molar-refractivity contribution is 0.0707. The van der Waals surface area contributed by atoms with Crippen molar-refractivity contribution in [2.45, 2.75) is 25.7 Å². The van der Waals surface area contributed by atoms with Crippen molar-refractivity contribution >= 4 is 22.6 Å². The summed E-state index contributed by atoms with van der Waals surface area (Å²) in [4.78, 5) is 28.3. The van der Waals surface area contributed by atoms with Gasteiger partial charge in [0.25, 0.3) is 11.7 Å². The van der Waals surface area contributed by atoms with Crippen molar-refractivity contribution in [1.29, 1.82) is 0 Å². The number of hydrogen-bond donors (Lipinski definition) is 0. The van der Waals surface area contributed by atoms with E-state index in [1.165, 1.54) is 6.33 Å². The molecular weight excluding hydrogens is 352 g/mol. The fourth-order valence-electron chi connectivity index (χ4n) is 4.11. The number of fused-ring (bicyclic) bond motifs is 2. The van der Waals surface area contributed by atoms with Crippen LogP contribution >= 0.6 is 0 Å². The average Bonchev–Trinajstić information content (AvgIpc) is 3.20. The van der Waals surface area contributed by atoms with Gasteiger partial charge in [-0.2, -0.15) is 10.1 Å². The van der Waals surface area contributed by atoms with Crippen LogP contribution in [0.25, 0.3) is 16.7 Å². The Morgan fingerprint density at radius 3 is 3.00 bits per heavy atom. The SMILES string of the molecule is Cc1cc(C2CCCN(C(=O)c3ccnc4ccccc34)C2)n2ncnc2n1. The maximum Gasteiger partial charge on any atom is 0.254 e. The fraction of sp³-hybridized carbons (Fsp3) is 0.286. The highest BCUT2D eigenvalue weighted by atomic mass is 16.2. The van der Waals surface area contributed by atoms with Crippen LogP contribution in [0.2, 0.25) is 0 Å². The Kier molecular flexibility index (Phi) is 4.00. The molecule has 0 spiro atoms. The Morgan fingerprint density at radius 2 is 2.07 bits per heavy atom. The number of rotatable bonds is 2. The molecule has 1 aromatic carbocycles. The van der Waals surface area contributed by atoms with Crippen molar-refractivity contribution in [2.75, 3.05) is 13.1 Å². The van der Waals surface area contributed by atoms with Crippen LogP contribution in [-0.4, -0.2) is 48.5 Å². The summed E-state index contributed by atoms with van der Waals surface area (Å²) in [5.74, 6) is 0.874. The van der Waals surface area contributed by atoms with E-state index in [1.807, 2.05) is 42.2 Å². The Hall–Kier alpha value is -3.35. The topological polar surface area (TPSA) is 76.3 Å². The second-order valence-electron chi connectivity index (χ2n) is 7.26. The van der Waals surface area contributed by atoms with Crippen LogP contribution in [0.1, 0.15) is 40.5 Å². The van der Waals surface area contributed by atoms with Crippen LogP contribution in [-0.2, 0) is 0 Å². The molecule has 0 N–H and O–H groups in total. The first-order chi connectivity index (χ1) is 13.7. The number of aromatic nitrogens is 5. The number of benzene rings is 1. The molecule has 28 heavy (non-hydrogen) atoms. The van der Waals surface area contributed by atoms with E-state index in [1.54, 1.807) is 10.7 Å². The molecule has 1 saturated heterocycles. The standard InChI is InChI=1S/C21H20N6O/c1-14-11-19(27-21(25-14)23-13-24-27)15-5-4-10-26(12-15)20(28)17-8-9-22-18-7-3-2-6-16(17)18/h2-3,6-9,11,13,15H,4-5,10,12H2,1H3. The smallest absolute Gasteiger partial charge is 0.254 e. The summed E-state index contributed by atoms with van der Waals surface area (Å²) in [5, 5.41) is 5.23. The third kappa shape index (κ3) is 2.79. The van der Waals surface area contributed by atoms with Crippen molar-refractivity contribution in [3.63, 3.8) is 0 Å². The Balaban J connectivity index is 1.48. The summed E-state index contributed by atoms with van der Waals surface area (Å²) < 4.78 is 1.80. The quantitative estimate of drug-likeness (QED) is 0.541. The number of carbonyl (C=O) groups excluding carboxylic acids is 1. The molecule has 1 amide bonds. The first kappa shape index (κ1) is 16.8. The molecule has 1 aliphatic heterocycles. The van der Waals surface area contributed by atoms with Crippen LogP contribution in [0.4, 0.5) is 0 Å². The molecule has 0 bridgehead atoms. The highest BCUT2D eigenvalue weighted by Gasteiger charge is 2.28. The number of carbonyl (C=O) groups is 1. The molecule has 7 heteroatoms. The van der Waals surface area contributed by atoms with Gasteiger partial charge < -0.3 is 4.90 Å². The summed E-state index contributed by atoms with van der Waals surface area (Å²) >= 11 is 0. The lowest BCUT2D eigenvalue weighted by Gasteiger charge is -2.33. The van der Waals surface area contributed by atoms with Crippen LogP contribution < -0.4 is 0 Å². The minimum Gasteiger partial charge on any atom is -0.338 e. The van der Waals surface area contributed by atoms with Gasteiger partial charge in [-0.05, 0) is 38.0 Å². The normalized spacial score (nSPS) is 17.3. The van der Waals surface area contributed by atoms with Gasteiger partial charge in [-0.25, -0.2) is 9.50 Å². The van der Waals surface area contributed by atoms with Gasteiger partial charge in [-0.1, -0.05) is 18.2 Å². The molecule has 1 unspecified atom stereocenters. The van der Waals surface area contributed by atoms with E-state index in [-0.39, 0.29) is 11.8 Å². The molecule has 4 heterocycles. The molecule has 3 aromatic heterocycles. The summed E-state index contributed by atoms with van der Waals surface area (Å²) in [6, 6.07) is 11.7. The van der Waals surface area contributed by atoms with Gasteiger partial charge in [0.2, 0.25) is 0 Å². The van der Waals surface area contributed by atoms with Crippen molar-refractivity contribution in [3.05, 3.63) is 65.9 Å². The van der Waals surface area contributed by atoms with Gasteiger partial charge in [0.1, 0.15) is 6.33 Å². The van der Waals surface area contributed by atoms with Crippen molar-refractivity contribution < 1.29 is 4.79 Å². The molecule has 1 atom stereocenters. The lowest BCUT2D eigenvalue weighted by atomic mass is 9.93. The van der Waals surface area contributed by atoms with E-state index < -0.39 is 0 Å². The highest BCUT2D eigenvalue weighted by Crippen LogP contribution is 2.29. The third-order valence-corrected chi connectivity index (χ3v) is 5.41. The number of piperidine rings is 1. The zero-order chi connectivity index (χ0) is 19.1. The van der Waals surface area contributed by atoms with Gasteiger partial charge in [0.15, 0.2) is 0 Å². The van der Waals surface area contributed by atoms with Crippen LogP contribution in [0, 0.1) is 6.92 Å². The van der Waals surface area contributed by atoms with Gasteiger partial charge in [0.05, 0.1) is 16.8 Å². The number of nitrogens with zero attached hydrogens (tertiary/aromatic N) is 6. The molecule has 0 radical (unpaired) electrons. The zero-order valence-electron chi connectivity index (χ0n) is 15.6. The van der Waals surface area contributed by atoms with Crippen molar-refractivity contribution in [2.24, 2.45) is 0 Å². The fourth-order valence-corrected chi connectivity index (χ4v) is 4.11. The summed E-state index contributed by atoms with van der Waals surface area (Å²) in [7, 11) is 0. The Morgan fingerprint density at radius 1 is 1.18 bits per heavy atom. The number of amides is 1.